The fourth-order valence-corrected chi connectivity index (χ4v) is 5.01. The molecular weight excluding hydrogens is 424 g/mol. The molecule has 158 valence electrons. The molecule has 2 heterocycles. The number of morpholine rings is 1. The van der Waals surface area contributed by atoms with E-state index in [1.54, 1.807) is 48.5 Å². The number of oxazole rings is 1. The molecule has 1 aliphatic rings. The molecule has 2 aromatic carbocycles. The van der Waals surface area contributed by atoms with Gasteiger partial charge in [0, 0.05) is 23.7 Å². The van der Waals surface area contributed by atoms with Crippen LogP contribution in [0.4, 0.5) is 5.88 Å². The number of halogens is 1. The van der Waals surface area contributed by atoms with E-state index in [1.165, 1.54) is 0 Å². The van der Waals surface area contributed by atoms with Crippen molar-refractivity contribution in [2.75, 3.05) is 18.0 Å². The summed E-state index contributed by atoms with van der Waals surface area (Å²) in [5.74, 6) is 0.474. The van der Waals surface area contributed by atoms with E-state index in [-0.39, 0.29) is 33.9 Å². The van der Waals surface area contributed by atoms with E-state index >= 15 is 0 Å². The summed E-state index contributed by atoms with van der Waals surface area (Å²) >= 11 is 5.99. The molecular formula is C22H23ClN2O4S. The fraction of sp³-hybridized carbons (Fsp3) is 0.318. The van der Waals surface area contributed by atoms with E-state index in [9.17, 15) is 8.42 Å². The Morgan fingerprint density at radius 1 is 1.00 bits per heavy atom. The van der Waals surface area contributed by atoms with Crippen LogP contribution in [0.15, 0.2) is 62.9 Å². The van der Waals surface area contributed by atoms with Crippen molar-refractivity contribution < 1.29 is 17.6 Å². The Labute approximate surface area is 181 Å². The maximum Gasteiger partial charge on any atom is 0.236 e. The van der Waals surface area contributed by atoms with Crippen LogP contribution in [-0.4, -0.2) is 38.7 Å². The molecule has 4 rings (SSSR count). The van der Waals surface area contributed by atoms with Crippen LogP contribution in [-0.2, 0) is 14.6 Å². The first-order valence-electron chi connectivity index (χ1n) is 9.73. The van der Waals surface area contributed by atoms with E-state index < -0.39 is 9.84 Å². The largest absolute Gasteiger partial charge is 0.419 e. The van der Waals surface area contributed by atoms with Crippen molar-refractivity contribution in [3.05, 3.63) is 59.1 Å². The molecule has 0 saturated carbocycles. The lowest BCUT2D eigenvalue weighted by Gasteiger charge is -2.35. The van der Waals surface area contributed by atoms with Crippen LogP contribution >= 0.6 is 11.6 Å². The van der Waals surface area contributed by atoms with Crippen molar-refractivity contribution in [1.82, 2.24) is 4.98 Å². The fourth-order valence-electron chi connectivity index (χ4n) is 3.56. The van der Waals surface area contributed by atoms with Crippen molar-refractivity contribution >= 4 is 27.3 Å². The van der Waals surface area contributed by atoms with Crippen LogP contribution in [0, 0.1) is 6.92 Å². The average Bonchev–Trinajstić information content (AvgIpc) is 3.14. The van der Waals surface area contributed by atoms with E-state index in [0.717, 1.165) is 5.56 Å². The Balaban J connectivity index is 1.85. The third kappa shape index (κ3) is 4.10. The quantitative estimate of drug-likeness (QED) is 0.575. The summed E-state index contributed by atoms with van der Waals surface area (Å²) in [6.07, 6.45) is -0.125. The number of nitrogens with zero attached hydrogens (tertiary/aromatic N) is 2. The van der Waals surface area contributed by atoms with Gasteiger partial charge in [-0.05, 0) is 57.2 Å². The molecule has 8 heteroatoms. The predicted molar refractivity (Wildman–Crippen MR) is 116 cm³/mol. The minimum absolute atomic E-state index is 0.0623. The molecule has 2 atom stereocenters. The Bertz CT molecular complexity index is 1130. The van der Waals surface area contributed by atoms with Gasteiger partial charge in [0.05, 0.1) is 17.1 Å². The summed E-state index contributed by atoms with van der Waals surface area (Å²) in [4.78, 5) is 6.50. The van der Waals surface area contributed by atoms with Gasteiger partial charge in [-0.1, -0.05) is 29.3 Å². The number of aromatic nitrogens is 1. The highest BCUT2D eigenvalue weighted by Gasteiger charge is 2.34. The second-order valence-electron chi connectivity index (χ2n) is 7.62. The maximum atomic E-state index is 13.5. The molecule has 1 saturated heterocycles. The summed E-state index contributed by atoms with van der Waals surface area (Å²) in [5, 5.41) is 0.492. The lowest BCUT2D eigenvalue weighted by atomic mass is 10.2. The number of aryl methyl sites for hydroxylation is 1. The van der Waals surface area contributed by atoms with Crippen molar-refractivity contribution in [3.8, 4) is 11.5 Å². The van der Waals surface area contributed by atoms with E-state index in [1.807, 2.05) is 25.7 Å². The number of sulfone groups is 1. The highest BCUT2D eigenvalue weighted by atomic mass is 35.5. The van der Waals surface area contributed by atoms with Crippen molar-refractivity contribution in [2.24, 2.45) is 0 Å². The summed E-state index contributed by atoms with van der Waals surface area (Å²) in [7, 11) is -3.88. The molecule has 0 bridgehead atoms. The van der Waals surface area contributed by atoms with E-state index in [2.05, 4.69) is 4.98 Å². The van der Waals surface area contributed by atoms with Crippen LogP contribution in [0.3, 0.4) is 0 Å². The topological polar surface area (TPSA) is 72.6 Å². The highest BCUT2D eigenvalue weighted by Crippen LogP contribution is 2.36. The van der Waals surface area contributed by atoms with Gasteiger partial charge in [0.25, 0.3) is 0 Å². The summed E-state index contributed by atoms with van der Waals surface area (Å²) in [5.41, 5.74) is 1.63. The molecule has 0 spiro atoms. The van der Waals surface area contributed by atoms with Crippen molar-refractivity contribution in [3.63, 3.8) is 0 Å². The second-order valence-corrected chi connectivity index (χ2v) is 9.92. The minimum atomic E-state index is -3.88. The zero-order valence-corrected chi connectivity index (χ0v) is 18.6. The molecule has 6 nitrogen and oxygen atoms in total. The van der Waals surface area contributed by atoms with E-state index in [4.69, 9.17) is 20.8 Å². The lowest BCUT2D eigenvalue weighted by molar-refractivity contribution is -0.00657. The van der Waals surface area contributed by atoms with Gasteiger partial charge in [0.1, 0.15) is 0 Å². The summed E-state index contributed by atoms with van der Waals surface area (Å²) in [6, 6.07) is 13.7. The average molecular weight is 447 g/mol. The molecule has 1 aromatic heterocycles. The van der Waals surface area contributed by atoms with Gasteiger partial charge in [0.2, 0.25) is 26.6 Å². The maximum absolute atomic E-state index is 13.5. The number of hydrogen-bond donors (Lipinski definition) is 0. The molecule has 30 heavy (non-hydrogen) atoms. The molecule has 1 fully saturated rings. The number of hydrogen-bond acceptors (Lipinski definition) is 6. The van der Waals surface area contributed by atoms with Crippen LogP contribution in [0.5, 0.6) is 0 Å². The number of ether oxygens (including phenoxy) is 1. The van der Waals surface area contributed by atoms with Crippen LogP contribution in [0.25, 0.3) is 11.5 Å². The zero-order valence-electron chi connectivity index (χ0n) is 17.0. The van der Waals surface area contributed by atoms with Crippen LogP contribution < -0.4 is 4.90 Å². The summed E-state index contributed by atoms with van der Waals surface area (Å²) in [6.45, 7) is 6.83. The molecule has 0 radical (unpaired) electrons. The molecule has 0 unspecified atom stereocenters. The molecule has 1 aliphatic heterocycles. The molecule has 0 N–H and O–H groups in total. The summed E-state index contributed by atoms with van der Waals surface area (Å²) < 4.78 is 38.8. The smallest absolute Gasteiger partial charge is 0.236 e. The van der Waals surface area contributed by atoms with Gasteiger partial charge in [-0.2, -0.15) is 4.98 Å². The Hall–Kier alpha value is -2.35. The number of anilines is 1. The van der Waals surface area contributed by atoms with Gasteiger partial charge < -0.3 is 14.1 Å². The molecule has 3 aromatic rings. The lowest BCUT2D eigenvalue weighted by Crippen LogP contribution is -2.45. The standard InChI is InChI=1S/C22H23ClN2O4S/c1-14-4-10-19(11-5-14)30(26,27)21-22(25-12-15(2)28-16(3)13-25)29-20(24-21)17-6-8-18(23)9-7-17/h4-11,15-16H,12-13H2,1-3H3/t15-,16-/m1/s1. The highest BCUT2D eigenvalue weighted by molar-refractivity contribution is 7.91. The zero-order chi connectivity index (χ0) is 21.5. The Morgan fingerprint density at radius 3 is 2.20 bits per heavy atom. The van der Waals surface area contributed by atoms with Crippen molar-refractivity contribution in [2.45, 2.75) is 42.9 Å². The van der Waals surface area contributed by atoms with Gasteiger partial charge in [-0.25, -0.2) is 8.42 Å². The first-order valence-corrected chi connectivity index (χ1v) is 11.6. The van der Waals surface area contributed by atoms with Crippen molar-refractivity contribution in [1.29, 1.82) is 0 Å². The van der Waals surface area contributed by atoms with Gasteiger partial charge in [-0.3, -0.25) is 0 Å². The van der Waals surface area contributed by atoms with Crippen LogP contribution in [0.1, 0.15) is 19.4 Å². The van der Waals surface area contributed by atoms with Gasteiger partial charge in [0.15, 0.2) is 0 Å². The molecule has 0 amide bonds. The van der Waals surface area contributed by atoms with Crippen LogP contribution in [0.2, 0.25) is 5.02 Å². The monoisotopic (exact) mass is 446 g/mol. The Morgan fingerprint density at radius 2 is 1.60 bits per heavy atom. The SMILES string of the molecule is Cc1ccc(S(=O)(=O)c2nc(-c3ccc(Cl)cc3)oc2N2C[C@@H](C)O[C@H](C)C2)cc1. The molecule has 0 aliphatic carbocycles. The third-order valence-electron chi connectivity index (χ3n) is 4.96. The van der Waals surface area contributed by atoms with Gasteiger partial charge >= 0.3 is 0 Å². The normalized spacial score (nSPS) is 19.8. The second kappa shape index (κ2) is 8.06. The first-order chi connectivity index (χ1) is 14.2. The minimum Gasteiger partial charge on any atom is -0.419 e. The predicted octanol–water partition coefficient (Wildman–Crippen LogP) is 4.75. The first kappa shape index (κ1) is 20.9. The van der Waals surface area contributed by atoms with Gasteiger partial charge in [-0.15, -0.1) is 0 Å². The third-order valence-corrected chi connectivity index (χ3v) is 6.88. The Kier molecular flexibility index (Phi) is 5.61. The number of rotatable bonds is 4. The van der Waals surface area contributed by atoms with E-state index in [0.29, 0.717) is 23.7 Å². The number of benzene rings is 2.